The van der Waals surface area contributed by atoms with E-state index in [0.29, 0.717) is 11.4 Å². The lowest BCUT2D eigenvalue weighted by Crippen LogP contribution is -2.44. The Kier molecular flexibility index (Phi) is 3.34. The average Bonchev–Trinajstić information content (AvgIpc) is 2.26. The van der Waals surface area contributed by atoms with Crippen LogP contribution >= 0.6 is 0 Å². The van der Waals surface area contributed by atoms with Gasteiger partial charge in [0.25, 0.3) is 14.2 Å². The van der Waals surface area contributed by atoms with Gasteiger partial charge in [0.15, 0.2) is 12.4 Å². The molecule has 1 aliphatic rings. The number of amides is 1. The average molecular weight is 279 g/mol. The third-order valence-corrected chi connectivity index (χ3v) is 8.11. The fraction of sp³-hybridized carbons (Fsp3) is 0.500. The zero-order valence-electron chi connectivity index (χ0n) is 12.2. The second-order valence-electron chi connectivity index (χ2n) is 6.33. The molecule has 1 heterocycles. The highest BCUT2D eigenvalue weighted by Crippen LogP contribution is 2.43. The van der Waals surface area contributed by atoms with Crippen LogP contribution < -0.4 is 14.5 Å². The summed E-state index contributed by atoms with van der Waals surface area (Å²) in [7, 11) is -1.91. The van der Waals surface area contributed by atoms with Crippen LogP contribution in [0.4, 0.5) is 5.69 Å². The molecule has 0 atom stereocenters. The summed E-state index contributed by atoms with van der Waals surface area (Å²) in [5.41, 5.74) is 0.687. The van der Waals surface area contributed by atoms with Gasteiger partial charge in [0.2, 0.25) is 0 Å². The summed E-state index contributed by atoms with van der Waals surface area (Å²) in [6.07, 6.45) is 0. The van der Waals surface area contributed by atoms with Gasteiger partial charge in [0.1, 0.15) is 5.75 Å². The van der Waals surface area contributed by atoms with E-state index in [1.54, 1.807) is 0 Å². The van der Waals surface area contributed by atoms with Crippen molar-refractivity contribution in [2.45, 2.75) is 38.9 Å². The van der Waals surface area contributed by atoms with Crippen molar-refractivity contribution in [1.82, 2.24) is 0 Å². The molecule has 0 unspecified atom stereocenters. The van der Waals surface area contributed by atoms with Crippen LogP contribution in [0.15, 0.2) is 18.2 Å². The Labute approximate surface area is 115 Å². The fourth-order valence-electron chi connectivity index (χ4n) is 1.60. The van der Waals surface area contributed by atoms with Crippen LogP contribution in [0.3, 0.4) is 0 Å². The van der Waals surface area contributed by atoms with Crippen molar-refractivity contribution < 1.29 is 14.0 Å². The summed E-state index contributed by atoms with van der Waals surface area (Å²) < 4.78 is 11.8. The van der Waals surface area contributed by atoms with Crippen LogP contribution in [0, 0.1) is 0 Å². The standard InChI is InChI=1S/C14H21NO3Si/c1-14(2,3)19(4,5)18-11-8-6-7-10-13(11)17-9-12(16)15-10/h6-8H,9H2,1-5H3,(H,15,16). The molecule has 0 fully saturated rings. The molecule has 0 bridgehead atoms. The van der Waals surface area contributed by atoms with Gasteiger partial charge in [0, 0.05) is 0 Å². The molecule has 0 saturated heterocycles. The zero-order chi connectivity index (χ0) is 14.3. The first-order valence-electron chi connectivity index (χ1n) is 6.45. The topological polar surface area (TPSA) is 47.6 Å². The highest BCUT2D eigenvalue weighted by molar-refractivity contribution is 6.74. The third-order valence-electron chi connectivity index (χ3n) is 3.77. The largest absolute Gasteiger partial charge is 0.541 e. The van der Waals surface area contributed by atoms with Crippen LogP contribution in [0.1, 0.15) is 20.8 Å². The van der Waals surface area contributed by atoms with E-state index < -0.39 is 8.32 Å². The Hall–Kier alpha value is -1.49. The molecular formula is C14H21NO3Si. The fourth-order valence-corrected chi connectivity index (χ4v) is 2.61. The predicted molar refractivity (Wildman–Crippen MR) is 78.4 cm³/mol. The molecule has 0 aromatic heterocycles. The molecular weight excluding hydrogens is 258 g/mol. The lowest BCUT2D eigenvalue weighted by Gasteiger charge is -2.37. The van der Waals surface area contributed by atoms with Gasteiger partial charge in [-0.25, -0.2) is 0 Å². The summed E-state index contributed by atoms with van der Waals surface area (Å²) >= 11 is 0. The van der Waals surface area contributed by atoms with Gasteiger partial charge >= 0.3 is 0 Å². The molecule has 2 rings (SSSR count). The van der Waals surface area contributed by atoms with E-state index in [0.717, 1.165) is 5.75 Å². The molecule has 0 radical (unpaired) electrons. The number of carbonyl (C=O) groups excluding carboxylic acids is 1. The van der Waals surface area contributed by atoms with Crippen LogP contribution in [0.2, 0.25) is 18.1 Å². The predicted octanol–water partition coefficient (Wildman–Crippen LogP) is 3.40. The molecule has 104 valence electrons. The third kappa shape index (κ3) is 2.76. The quantitative estimate of drug-likeness (QED) is 0.844. The van der Waals surface area contributed by atoms with Crippen LogP contribution in [-0.2, 0) is 4.79 Å². The van der Waals surface area contributed by atoms with E-state index >= 15 is 0 Å². The first-order valence-corrected chi connectivity index (χ1v) is 9.36. The minimum absolute atomic E-state index is 0.0465. The van der Waals surface area contributed by atoms with Crippen LogP contribution in [0.25, 0.3) is 0 Å². The normalized spacial score (nSPS) is 15.3. The Balaban J connectivity index is 2.32. The number of rotatable bonds is 2. The maximum atomic E-state index is 11.3. The van der Waals surface area contributed by atoms with Crippen molar-refractivity contribution in [3.63, 3.8) is 0 Å². The van der Waals surface area contributed by atoms with E-state index in [1.807, 2.05) is 18.2 Å². The van der Waals surface area contributed by atoms with Gasteiger partial charge in [-0.05, 0) is 30.3 Å². The second-order valence-corrected chi connectivity index (χ2v) is 11.1. The van der Waals surface area contributed by atoms with E-state index in [1.165, 1.54) is 0 Å². The first kappa shape index (κ1) is 13.9. The van der Waals surface area contributed by atoms with Gasteiger partial charge < -0.3 is 14.5 Å². The Morgan fingerprint density at radius 2 is 2.00 bits per heavy atom. The van der Waals surface area contributed by atoms with E-state index in [9.17, 15) is 4.79 Å². The zero-order valence-corrected chi connectivity index (χ0v) is 13.2. The number of nitrogens with one attached hydrogen (secondary N) is 1. The first-order chi connectivity index (χ1) is 8.71. The SMILES string of the molecule is CC(C)(C)[Si](C)(C)Oc1cccc2c1OCC(=O)N2. The van der Waals surface area contributed by atoms with Crippen molar-refractivity contribution in [1.29, 1.82) is 0 Å². The summed E-state index contributed by atoms with van der Waals surface area (Å²) in [5.74, 6) is 1.24. The minimum Gasteiger partial charge on any atom is -0.541 e. The van der Waals surface area contributed by atoms with Crippen LogP contribution in [-0.4, -0.2) is 20.8 Å². The van der Waals surface area contributed by atoms with Crippen molar-refractivity contribution in [3.8, 4) is 11.5 Å². The van der Waals surface area contributed by atoms with E-state index in [-0.39, 0.29) is 17.6 Å². The van der Waals surface area contributed by atoms with Gasteiger partial charge in [-0.1, -0.05) is 26.8 Å². The number of ether oxygens (including phenoxy) is 1. The number of benzene rings is 1. The maximum Gasteiger partial charge on any atom is 0.262 e. The van der Waals surface area contributed by atoms with Crippen LogP contribution in [0.5, 0.6) is 11.5 Å². The van der Waals surface area contributed by atoms with E-state index in [2.05, 4.69) is 39.2 Å². The number of anilines is 1. The molecule has 0 aliphatic carbocycles. The Morgan fingerprint density at radius 1 is 1.32 bits per heavy atom. The second kappa shape index (κ2) is 4.56. The van der Waals surface area contributed by atoms with Crippen molar-refractivity contribution in [3.05, 3.63) is 18.2 Å². The van der Waals surface area contributed by atoms with Gasteiger partial charge in [-0.15, -0.1) is 0 Å². The number of carbonyl (C=O) groups is 1. The number of para-hydroxylation sites is 1. The van der Waals surface area contributed by atoms with Crippen molar-refractivity contribution in [2.75, 3.05) is 11.9 Å². The highest BCUT2D eigenvalue weighted by Gasteiger charge is 2.40. The minimum atomic E-state index is -1.91. The van der Waals surface area contributed by atoms with Crippen molar-refractivity contribution >= 4 is 19.9 Å². The Morgan fingerprint density at radius 3 is 2.63 bits per heavy atom. The number of fused-ring (bicyclic) bond motifs is 1. The highest BCUT2D eigenvalue weighted by atomic mass is 28.4. The molecule has 0 saturated carbocycles. The summed E-state index contributed by atoms with van der Waals surface area (Å²) in [6, 6.07) is 5.60. The van der Waals surface area contributed by atoms with E-state index in [4.69, 9.17) is 9.16 Å². The summed E-state index contributed by atoms with van der Waals surface area (Å²) in [6.45, 7) is 11.0. The van der Waals surface area contributed by atoms with Gasteiger partial charge in [-0.2, -0.15) is 0 Å². The summed E-state index contributed by atoms with van der Waals surface area (Å²) in [4.78, 5) is 11.3. The molecule has 5 heteroatoms. The van der Waals surface area contributed by atoms with Gasteiger partial charge in [-0.3, -0.25) is 4.79 Å². The summed E-state index contributed by atoms with van der Waals surface area (Å²) in [5, 5.41) is 2.91. The monoisotopic (exact) mass is 279 g/mol. The molecule has 1 aromatic rings. The number of hydrogen-bond donors (Lipinski definition) is 1. The molecule has 1 aliphatic heterocycles. The van der Waals surface area contributed by atoms with Gasteiger partial charge in [0.05, 0.1) is 5.69 Å². The molecule has 1 aromatic carbocycles. The molecule has 19 heavy (non-hydrogen) atoms. The number of hydrogen-bond acceptors (Lipinski definition) is 3. The lowest BCUT2D eigenvalue weighted by molar-refractivity contribution is -0.118. The molecule has 4 nitrogen and oxygen atoms in total. The molecule has 1 N–H and O–H groups in total. The molecule has 1 amide bonds. The molecule has 0 spiro atoms. The maximum absolute atomic E-state index is 11.3. The lowest BCUT2D eigenvalue weighted by atomic mass is 10.2. The van der Waals surface area contributed by atoms with Crippen molar-refractivity contribution in [2.24, 2.45) is 0 Å². The Bertz CT molecular complexity index is 506. The smallest absolute Gasteiger partial charge is 0.262 e.